The second-order valence-electron chi connectivity index (χ2n) is 5.14. The molecule has 21 heavy (non-hydrogen) atoms. The molecule has 0 aromatic heterocycles. The van der Waals surface area contributed by atoms with Gasteiger partial charge in [-0.1, -0.05) is 48.5 Å². The van der Waals surface area contributed by atoms with Crippen LogP contribution in [0.1, 0.15) is 15.9 Å². The van der Waals surface area contributed by atoms with Gasteiger partial charge < -0.3 is 0 Å². The lowest BCUT2D eigenvalue weighted by atomic mass is 10.0. The molecule has 1 atom stereocenters. The summed E-state index contributed by atoms with van der Waals surface area (Å²) in [5.74, 6) is -0.169. The summed E-state index contributed by atoms with van der Waals surface area (Å²) < 4.78 is 25.5. The van der Waals surface area contributed by atoms with Crippen LogP contribution >= 0.6 is 0 Å². The molecule has 1 aliphatic rings. The molecule has 3 rings (SSSR count). The molecule has 0 saturated carbocycles. The van der Waals surface area contributed by atoms with E-state index in [0.717, 1.165) is 11.8 Å². The first-order chi connectivity index (χ1) is 9.98. The molecule has 0 spiro atoms. The minimum Gasteiger partial charge on any atom is -0.292 e. The molecule has 4 nitrogen and oxygen atoms in total. The van der Waals surface area contributed by atoms with E-state index in [0.29, 0.717) is 17.7 Å². The van der Waals surface area contributed by atoms with E-state index in [1.54, 1.807) is 36.4 Å². The van der Waals surface area contributed by atoms with Gasteiger partial charge in [-0.05, 0) is 11.6 Å². The highest BCUT2D eigenvalue weighted by molar-refractivity contribution is 7.92. The van der Waals surface area contributed by atoms with Crippen molar-refractivity contribution in [3.63, 3.8) is 0 Å². The van der Waals surface area contributed by atoms with Crippen LogP contribution in [-0.4, -0.2) is 26.5 Å². The van der Waals surface area contributed by atoms with E-state index in [2.05, 4.69) is 0 Å². The van der Waals surface area contributed by atoms with Crippen LogP contribution in [0.3, 0.4) is 0 Å². The van der Waals surface area contributed by atoms with Crippen molar-refractivity contribution in [2.45, 2.75) is 12.5 Å². The normalized spacial score (nSPS) is 17.6. The summed E-state index contributed by atoms with van der Waals surface area (Å²) in [6.45, 7) is 0. The van der Waals surface area contributed by atoms with Crippen molar-refractivity contribution in [1.29, 1.82) is 0 Å². The van der Waals surface area contributed by atoms with Crippen LogP contribution in [0, 0.1) is 0 Å². The number of anilines is 1. The van der Waals surface area contributed by atoms with Crippen LogP contribution in [0.2, 0.25) is 0 Å². The minimum absolute atomic E-state index is 0.169. The summed E-state index contributed by atoms with van der Waals surface area (Å²) in [5, 5.41) is 0. The SMILES string of the molecule is CS(=O)(=O)N1c2ccccc2CC1C(=O)c1ccccc1. The number of para-hydroxylation sites is 1. The van der Waals surface area contributed by atoms with Gasteiger partial charge in [0, 0.05) is 12.0 Å². The maximum atomic E-state index is 12.7. The topological polar surface area (TPSA) is 54.5 Å². The zero-order chi connectivity index (χ0) is 15.0. The number of hydrogen-bond acceptors (Lipinski definition) is 3. The predicted octanol–water partition coefficient (Wildman–Crippen LogP) is 2.26. The number of rotatable bonds is 3. The van der Waals surface area contributed by atoms with Gasteiger partial charge in [0.25, 0.3) is 0 Å². The van der Waals surface area contributed by atoms with Crippen molar-refractivity contribution in [3.8, 4) is 0 Å². The van der Waals surface area contributed by atoms with Gasteiger partial charge in [-0.25, -0.2) is 8.42 Å². The monoisotopic (exact) mass is 301 g/mol. The lowest BCUT2D eigenvalue weighted by Gasteiger charge is -2.24. The Kier molecular flexibility index (Phi) is 3.29. The zero-order valence-electron chi connectivity index (χ0n) is 11.6. The zero-order valence-corrected chi connectivity index (χ0v) is 12.4. The first kappa shape index (κ1) is 13.8. The van der Waals surface area contributed by atoms with Crippen LogP contribution in [0.4, 0.5) is 5.69 Å². The summed E-state index contributed by atoms with van der Waals surface area (Å²) in [4.78, 5) is 12.7. The quantitative estimate of drug-likeness (QED) is 0.817. The number of carbonyl (C=O) groups is 1. The number of sulfonamides is 1. The fourth-order valence-electron chi connectivity index (χ4n) is 2.76. The Hall–Kier alpha value is -2.14. The molecule has 5 heteroatoms. The van der Waals surface area contributed by atoms with Crippen molar-refractivity contribution in [3.05, 3.63) is 65.7 Å². The van der Waals surface area contributed by atoms with E-state index >= 15 is 0 Å². The lowest BCUT2D eigenvalue weighted by Crippen LogP contribution is -2.42. The molecule has 0 amide bonds. The fourth-order valence-corrected chi connectivity index (χ4v) is 3.93. The Morgan fingerprint density at radius 1 is 1.05 bits per heavy atom. The molecule has 0 fully saturated rings. The van der Waals surface area contributed by atoms with E-state index < -0.39 is 16.1 Å². The molecule has 0 bridgehead atoms. The molecule has 1 aliphatic heterocycles. The standard InChI is InChI=1S/C16H15NO3S/c1-21(19,20)17-14-10-6-5-9-13(14)11-15(17)16(18)12-7-3-2-4-8-12/h2-10,15H,11H2,1H3. The average Bonchev–Trinajstić information content (AvgIpc) is 2.86. The Bertz CT molecular complexity index is 784. The number of nitrogens with zero attached hydrogens (tertiary/aromatic N) is 1. The summed E-state index contributed by atoms with van der Waals surface area (Å²) in [6, 6.07) is 15.4. The molecule has 1 heterocycles. The third-order valence-electron chi connectivity index (χ3n) is 3.64. The largest absolute Gasteiger partial charge is 0.292 e. The highest BCUT2D eigenvalue weighted by atomic mass is 32.2. The van der Waals surface area contributed by atoms with Gasteiger partial charge in [-0.2, -0.15) is 0 Å². The van der Waals surface area contributed by atoms with Crippen molar-refractivity contribution in [2.75, 3.05) is 10.6 Å². The van der Waals surface area contributed by atoms with E-state index in [1.165, 1.54) is 4.31 Å². The van der Waals surface area contributed by atoms with Crippen LogP contribution in [-0.2, 0) is 16.4 Å². The number of hydrogen-bond donors (Lipinski definition) is 0. The third kappa shape index (κ3) is 2.45. The maximum Gasteiger partial charge on any atom is 0.232 e. The van der Waals surface area contributed by atoms with Crippen molar-refractivity contribution < 1.29 is 13.2 Å². The summed E-state index contributed by atoms with van der Waals surface area (Å²) in [5.41, 5.74) is 2.02. The summed E-state index contributed by atoms with van der Waals surface area (Å²) in [7, 11) is -3.51. The Morgan fingerprint density at radius 3 is 2.33 bits per heavy atom. The highest BCUT2D eigenvalue weighted by Gasteiger charge is 2.39. The molecule has 2 aromatic carbocycles. The van der Waals surface area contributed by atoms with Gasteiger partial charge >= 0.3 is 0 Å². The first-order valence-electron chi connectivity index (χ1n) is 6.65. The van der Waals surface area contributed by atoms with Gasteiger partial charge in [-0.15, -0.1) is 0 Å². The number of carbonyl (C=O) groups excluding carboxylic acids is 1. The second-order valence-corrected chi connectivity index (χ2v) is 7.00. The number of Topliss-reactive ketones (excluding diaryl/α,β-unsaturated/α-hetero) is 1. The van der Waals surface area contributed by atoms with Crippen LogP contribution in [0.25, 0.3) is 0 Å². The molecule has 0 N–H and O–H groups in total. The Labute approximate surface area is 124 Å². The second kappa shape index (κ2) is 5.00. The van der Waals surface area contributed by atoms with Gasteiger partial charge in [0.2, 0.25) is 10.0 Å². The Morgan fingerprint density at radius 2 is 1.67 bits per heavy atom. The van der Waals surface area contributed by atoms with E-state index in [-0.39, 0.29) is 5.78 Å². The van der Waals surface area contributed by atoms with Crippen molar-refractivity contribution >= 4 is 21.5 Å². The average molecular weight is 301 g/mol. The summed E-state index contributed by atoms with van der Waals surface area (Å²) in [6.07, 6.45) is 1.55. The Balaban J connectivity index is 2.06. The molecule has 1 unspecified atom stereocenters. The van der Waals surface area contributed by atoms with E-state index in [1.807, 2.05) is 18.2 Å². The van der Waals surface area contributed by atoms with Gasteiger partial charge in [-0.3, -0.25) is 9.10 Å². The van der Waals surface area contributed by atoms with Crippen molar-refractivity contribution in [1.82, 2.24) is 0 Å². The molecule has 108 valence electrons. The number of benzene rings is 2. The molecular weight excluding hydrogens is 286 g/mol. The van der Waals surface area contributed by atoms with E-state index in [4.69, 9.17) is 0 Å². The van der Waals surface area contributed by atoms with E-state index in [9.17, 15) is 13.2 Å². The summed E-state index contributed by atoms with van der Waals surface area (Å²) >= 11 is 0. The molecule has 2 aromatic rings. The minimum atomic E-state index is -3.51. The molecule has 0 aliphatic carbocycles. The van der Waals surface area contributed by atoms with Gasteiger partial charge in [0.05, 0.1) is 11.9 Å². The first-order valence-corrected chi connectivity index (χ1v) is 8.50. The lowest BCUT2D eigenvalue weighted by molar-refractivity contribution is 0.0966. The smallest absolute Gasteiger partial charge is 0.232 e. The maximum absolute atomic E-state index is 12.7. The van der Waals surface area contributed by atoms with Crippen LogP contribution < -0.4 is 4.31 Å². The molecule has 0 saturated heterocycles. The molecular formula is C16H15NO3S. The fraction of sp³-hybridized carbons (Fsp3) is 0.188. The van der Waals surface area contributed by atoms with Crippen LogP contribution in [0.5, 0.6) is 0 Å². The van der Waals surface area contributed by atoms with Gasteiger partial charge in [0.15, 0.2) is 5.78 Å². The molecule has 0 radical (unpaired) electrons. The predicted molar refractivity (Wildman–Crippen MR) is 82.0 cm³/mol. The van der Waals surface area contributed by atoms with Crippen LogP contribution in [0.15, 0.2) is 54.6 Å². The van der Waals surface area contributed by atoms with Gasteiger partial charge in [0.1, 0.15) is 6.04 Å². The third-order valence-corrected chi connectivity index (χ3v) is 4.81. The number of ketones is 1. The van der Waals surface area contributed by atoms with Crippen molar-refractivity contribution in [2.24, 2.45) is 0 Å². The number of fused-ring (bicyclic) bond motifs is 1. The highest BCUT2D eigenvalue weighted by Crippen LogP contribution is 2.35.